The Balaban J connectivity index is 0.000000845. The lowest BCUT2D eigenvalue weighted by Crippen LogP contribution is -1.93. The van der Waals surface area contributed by atoms with Crippen LogP contribution in [-0.2, 0) is 0 Å². The Bertz CT molecular complexity index is 317. The van der Waals surface area contributed by atoms with Crippen molar-refractivity contribution in [3.63, 3.8) is 0 Å². The molecule has 3 heteroatoms. The second-order valence-electron chi connectivity index (χ2n) is 2.72. The van der Waals surface area contributed by atoms with Gasteiger partial charge in [-0.3, -0.25) is 9.98 Å². The summed E-state index contributed by atoms with van der Waals surface area (Å²) in [5, 5.41) is 0. The van der Waals surface area contributed by atoms with E-state index in [1.54, 1.807) is 6.20 Å². The molecular formula is C10H11ClN2. The van der Waals surface area contributed by atoms with Crippen LogP contribution in [0.15, 0.2) is 35.6 Å². The zero-order chi connectivity index (χ0) is 8.23. The lowest BCUT2D eigenvalue weighted by Gasteiger charge is -2.06. The fourth-order valence-electron chi connectivity index (χ4n) is 1.27. The Hall–Kier alpha value is -1.15. The van der Waals surface area contributed by atoms with E-state index in [2.05, 4.69) is 22.1 Å². The molecule has 13 heavy (non-hydrogen) atoms. The number of hydrogen-bond acceptors (Lipinski definition) is 2. The van der Waals surface area contributed by atoms with E-state index in [9.17, 15) is 0 Å². The summed E-state index contributed by atoms with van der Waals surface area (Å²) >= 11 is 0. The minimum absolute atomic E-state index is 0. The van der Waals surface area contributed by atoms with Crippen molar-refractivity contribution in [2.75, 3.05) is 6.54 Å². The number of rotatable bonds is 1. The Morgan fingerprint density at radius 3 is 2.85 bits per heavy atom. The predicted octanol–water partition coefficient (Wildman–Crippen LogP) is 2.36. The van der Waals surface area contributed by atoms with Crippen molar-refractivity contribution in [3.05, 3.63) is 36.2 Å². The van der Waals surface area contributed by atoms with Gasteiger partial charge in [0.2, 0.25) is 0 Å². The van der Waals surface area contributed by atoms with Gasteiger partial charge in [-0.05, 0) is 17.2 Å². The van der Waals surface area contributed by atoms with Gasteiger partial charge in [0, 0.05) is 25.0 Å². The molecule has 0 unspecified atom stereocenters. The van der Waals surface area contributed by atoms with E-state index in [0.29, 0.717) is 0 Å². The van der Waals surface area contributed by atoms with Gasteiger partial charge in [0.1, 0.15) is 0 Å². The Kier molecular flexibility index (Phi) is 3.65. The average Bonchev–Trinajstić information content (AvgIpc) is 2.21. The zero-order valence-corrected chi connectivity index (χ0v) is 8.00. The molecule has 0 atom stereocenters. The van der Waals surface area contributed by atoms with Crippen molar-refractivity contribution in [3.8, 4) is 0 Å². The first-order chi connectivity index (χ1) is 5.97. The molecule has 0 aromatic carbocycles. The highest BCUT2D eigenvalue weighted by atomic mass is 35.5. The summed E-state index contributed by atoms with van der Waals surface area (Å²) in [5.41, 5.74) is 2.54. The van der Waals surface area contributed by atoms with Gasteiger partial charge in [-0.25, -0.2) is 0 Å². The van der Waals surface area contributed by atoms with Gasteiger partial charge in [0.15, 0.2) is 0 Å². The van der Waals surface area contributed by atoms with Crippen LogP contribution in [0, 0.1) is 0 Å². The smallest absolute Gasteiger partial charge is 0.0572 e. The highest BCUT2D eigenvalue weighted by Gasteiger charge is 2.01. The largest absolute Gasteiger partial charge is 0.293 e. The number of pyridine rings is 1. The van der Waals surface area contributed by atoms with E-state index in [1.165, 1.54) is 11.1 Å². The summed E-state index contributed by atoms with van der Waals surface area (Å²) in [7, 11) is 0. The summed E-state index contributed by atoms with van der Waals surface area (Å²) in [4.78, 5) is 8.21. The first-order valence-electron chi connectivity index (χ1n) is 4.04. The molecule has 0 fully saturated rings. The van der Waals surface area contributed by atoms with Crippen molar-refractivity contribution in [1.82, 2.24) is 4.98 Å². The molecule has 2 rings (SSSR count). The van der Waals surface area contributed by atoms with Crippen LogP contribution < -0.4 is 0 Å². The fourth-order valence-corrected chi connectivity index (χ4v) is 1.27. The minimum atomic E-state index is 0. The van der Waals surface area contributed by atoms with Crippen molar-refractivity contribution < 1.29 is 0 Å². The third-order valence-corrected chi connectivity index (χ3v) is 1.92. The summed E-state index contributed by atoms with van der Waals surface area (Å²) in [5.74, 6) is 0. The molecular weight excluding hydrogens is 184 g/mol. The summed E-state index contributed by atoms with van der Waals surface area (Å²) in [6.45, 7) is 0.810. The maximum absolute atomic E-state index is 4.13. The highest BCUT2D eigenvalue weighted by Crippen LogP contribution is 2.17. The minimum Gasteiger partial charge on any atom is -0.293 e. The first kappa shape index (κ1) is 9.93. The van der Waals surface area contributed by atoms with E-state index in [4.69, 9.17) is 0 Å². The van der Waals surface area contributed by atoms with Crippen LogP contribution in [0.5, 0.6) is 0 Å². The molecule has 0 saturated heterocycles. The third kappa shape index (κ3) is 2.39. The number of halogens is 1. The maximum Gasteiger partial charge on any atom is 0.0572 e. The van der Waals surface area contributed by atoms with Crippen LogP contribution >= 0.6 is 12.4 Å². The number of aliphatic imine (C=N–C) groups is 1. The van der Waals surface area contributed by atoms with Crippen LogP contribution in [0.25, 0.3) is 5.57 Å². The number of hydrogen-bond donors (Lipinski definition) is 0. The van der Waals surface area contributed by atoms with E-state index in [0.717, 1.165) is 13.0 Å². The average molecular weight is 195 g/mol. The molecule has 0 spiro atoms. The van der Waals surface area contributed by atoms with Gasteiger partial charge < -0.3 is 0 Å². The normalized spacial score (nSPS) is 14.6. The first-order valence-corrected chi connectivity index (χ1v) is 4.04. The Morgan fingerprint density at radius 2 is 2.23 bits per heavy atom. The summed E-state index contributed by atoms with van der Waals surface area (Å²) in [6.07, 6.45) is 8.73. The zero-order valence-electron chi connectivity index (χ0n) is 7.18. The lowest BCUT2D eigenvalue weighted by atomic mass is 10.0. The fraction of sp³-hybridized carbons (Fsp3) is 0.200. The van der Waals surface area contributed by atoms with Crippen molar-refractivity contribution in [2.24, 2.45) is 4.99 Å². The molecule has 1 aromatic rings. The van der Waals surface area contributed by atoms with Crippen molar-refractivity contribution >= 4 is 24.2 Å². The number of dihydropyridines is 1. The molecule has 1 aliphatic heterocycles. The molecule has 0 aliphatic carbocycles. The van der Waals surface area contributed by atoms with Crippen LogP contribution in [-0.4, -0.2) is 17.7 Å². The molecule has 1 aromatic heterocycles. The molecule has 0 bridgehead atoms. The van der Waals surface area contributed by atoms with E-state index in [-0.39, 0.29) is 12.4 Å². The number of allylic oxidation sites excluding steroid dienone is 1. The maximum atomic E-state index is 4.13. The number of nitrogens with zero attached hydrogens (tertiary/aromatic N) is 2. The van der Waals surface area contributed by atoms with Gasteiger partial charge in [0.25, 0.3) is 0 Å². The Morgan fingerprint density at radius 1 is 1.31 bits per heavy atom. The molecule has 2 nitrogen and oxygen atoms in total. The lowest BCUT2D eigenvalue weighted by molar-refractivity contribution is 1.19. The van der Waals surface area contributed by atoms with Gasteiger partial charge in [0.05, 0.1) is 6.54 Å². The summed E-state index contributed by atoms with van der Waals surface area (Å²) < 4.78 is 0. The third-order valence-electron chi connectivity index (χ3n) is 1.92. The molecule has 0 N–H and O–H groups in total. The topological polar surface area (TPSA) is 25.2 Å². The molecule has 0 radical (unpaired) electrons. The number of aromatic nitrogens is 1. The van der Waals surface area contributed by atoms with Crippen molar-refractivity contribution in [1.29, 1.82) is 0 Å². The molecule has 2 heterocycles. The monoisotopic (exact) mass is 194 g/mol. The van der Waals surface area contributed by atoms with Crippen LogP contribution in [0.2, 0.25) is 0 Å². The van der Waals surface area contributed by atoms with Crippen molar-refractivity contribution in [2.45, 2.75) is 6.42 Å². The quantitative estimate of drug-likeness (QED) is 0.674. The standard InChI is InChI=1S/C10H10N2.ClH/c1-2-10(8-12-5-1)9-3-6-11-7-4-9;/h1-3,5,7-8H,4,6H2;1H. The van der Waals surface area contributed by atoms with Gasteiger partial charge >= 0.3 is 0 Å². The van der Waals surface area contributed by atoms with E-state index in [1.807, 2.05) is 18.5 Å². The van der Waals surface area contributed by atoms with Gasteiger partial charge in [-0.1, -0.05) is 12.1 Å². The molecule has 68 valence electrons. The van der Waals surface area contributed by atoms with Crippen LogP contribution in [0.1, 0.15) is 12.0 Å². The van der Waals surface area contributed by atoms with Crippen LogP contribution in [0.3, 0.4) is 0 Å². The second kappa shape index (κ2) is 4.77. The second-order valence-corrected chi connectivity index (χ2v) is 2.72. The van der Waals surface area contributed by atoms with Gasteiger partial charge in [-0.2, -0.15) is 0 Å². The summed E-state index contributed by atoms with van der Waals surface area (Å²) in [6, 6.07) is 4.04. The Labute approximate surface area is 83.8 Å². The van der Waals surface area contributed by atoms with Crippen LogP contribution in [0.4, 0.5) is 0 Å². The van der Waals surface area contributed by atoms with E-state index < -0.39 is 0 Å². The molecule has 1 aliphatic rings. The molecule has 0 amide bonds. The SMILES string of the molecule is C1=NCC=C(c2cccnc2)C1.Cl. The highest BCUT2D eigenvalue weighted by molar-refractivity contribution is 5.85. The van der Waals surface area contributed by atoms with Gasteiger partial charge in [-0.15, -0.1) is 12.4 Å². The van der Waals surface area contributed by atoms with E-state index >= 15 is 0 Å². The molecule has 0 saturated carbocycles. The predicted molar refractivity (Wildman–Crippen MR) is 57.4 cm³/mol.